The predicted octanol–water partition coefficient (Wildman–Crippen LogP) is 1.22. The molecule has 1 rings (SSSR count). The van der Waals surface area contributed by atoms with Gasteiger partial charge in [-0.05, 0) is 12.3 Å². The van der Waals surface area contributed by atoms with Crippen LogP contribution in [0.2, 0.25) is 0 Å². The summed E-state index contributed by atoms with van der Waals surface area (Å²) in [6.45, 7) is 2.11. The van der Waals surface area contributed by atoms with Gasteiger partial charge in [0.2, 0.25) is 0 Å². The van der Waals surface area contributed by atoms with Crippen molar-refractivity contribution in [1.29, 1.82) is 0 Å². The Morgan fingerprint density at radius 2 is 2.27 bits per heavy atom. The van der Waals surface area contributed by atoms with Gasteiger partial charge >= 0.3 is 0 Å². The third-order valence-electron chi connectivity index (χ3n) is 1.66. The van der Waals surface area contributed by atoms with Crippen LogP contribution in [0.3, 0.4) is 0 Å². The van der Waals surface area contributed by atoms with Gasteiger partial charge in [-0.25, -0.2) is 0 Å². The van der Waals surface area contributed by atoms with Crippen LogP contribution in [0.25, 0.3) is 0 Å². The minimum absolute atomic E-state index is 0.0665. The molecule has 0 saturated heterocycles. The van der Waals surface area contributed by atoms with Crippen molar-refractivity contribution < 1.29 is 14.5 Å². The van der Waals surface area contributed by atoms with Gasteiger partial charge in [0, 0.05) is 0 Å². The molecule has 0 aliphatic heterocycles. The third-order valence-corrected chi connectivity index (χ3v) is 2.04. The van der Waals surface area contributed by atoms with Crippen molar-refractivity contribution in [2.75, 3.05) is 6.35 Å². The minimum atomic E-state index is -1.89. The quantitative estimate of drug-likeness (QED) is 0.502. The highest BCUT2D eigenvalue weighted by molar-refractivity contribution is 7.44. The van der Waals surface area contributed by atoms with Crippen LogP contribution in [0.4, 0.5) is 0 Å². The molecule has 0 radical (unpaired) electrons. The summed E-state index contributed by atoms with van der Waals surface area (Å²) in [5, 5.41) is 0. The molecule has 0 heterocycles. The average molecular weight is 176 g/mol. The van der Waals surface area contributed by atoms with Crippen molar-refractivity contribution >= 4 is 8.38 Å². The Balaban J connectivity index is 2.14. The van der Waals surface area contributed by atoms with Gasteiger partial charge in [0.05, 0.1) is 6.10 Å². The second-order valence-electron chi connectivity index (χ2n) is 2.80. The van der Waals surface area contributed by atoms with E-state index in [1.54, 1.807) is 0 Å². The maximum Gasteiger partial charge on any atom is 0.192 e. The molecule has 0 aromatic carbocycles. The van der Waals surface area contributed by atoms with Crippen LogP contribution in [0.1, 0.15) is 13.3 Å². The van der Waals surface area contributed by atoms with Crippen molar-refractivity contribution in [2.24, 2.45) is 5.92 Å². The van der Waals surface area contributed by atoms with Crippen molar-refractivity contribution in [1.82, 2.24) is 0 Å². The molecule has 3 nitrogen and oxygen atoms in total. The molecule has 1 aliphatic rings. The topological polar surface area (TPSA) is 49.7 Å². The second-order valence-corrected chi connectivity index (χ2v) is 3.81. The van der Waals surface area contributed by atoms with Crippen LogP contribution in [-0.2, 0) is 4.74 Å². The van der Waals surface area contributed by atoms with E-state index >= 15 is 0 Å². The molecule has 0 amide bonds. The lowest BCUT2D eigenvalue weighted by Crippen LogP contribution is -2.08. The van der Waals surface area contributed by atoms with E-state index in [1.165, 1.54) is 0 Å². The molecule has 11 heavy (non-hydrogen) atoms. The van der Waals surface area contributed by atoms with Gasteiger partial charge < -0.3 is 14.5 Å². The van der Waals surface area contributed by atoms with Crippen molar-refractivity contribution in [3.8, 4) is 0 Å². The normalized spacial score (nSPS) is 30.2. The molecule has 64 valence electrons. The fourth-order valence-corrected chi connectivity index (χ4v) is 1.45. The number of hydrogen-bond donors (Lipinski definition) is 2. The maximum atomic E-state index is 8.55. The van der Waals surface area contributed by atoms with Gasteiger partial charge in [0.1, 0.15) is 6.35 Å². The van der Waals surface area contributed by atoms with Gasteiger partial charge in [0.25, 0.3) is 0 Å². The Morgan fingerprint density at radius 1 is 1.55 bits per heavy atom. The molecular formula is C7H13O3P. The first-order chi connectivity index (χ1) is 5.18. The average Bonchev–Trinajstić information content (AvgIpc) is 2.31. The molecule has 4 heteroatoms. The molecule has 2 unspecified atom stereocenters. The zero-order valence-electron chi connectivity index (χ0n) is 6.47. The monoisotopic (exact) mass is 176 g/mol. The minimum Gasteiger partial charge on any atom is -0.365 e. The molecular weight excluding hydrogens is 163 g/mol. The predicted molar refractivity (Wildman–Crippen MR) is 44.0 cm³/mol. The first kappa shape index (κ1) is 9.14. The van der Waals surface area contributed by atoms with E-state index in [2.05, 4.69) is 13.0 Å². The van der Waals surface area contributed by atoms with Crippen molar-refractivity contribution in [3.05, 3.63) is 12.2 Å². The Morgan fingerprint density at radius 3 is 2.73 bits per heavy atom. The van der Waals surface area contributed by atoms with Gasteiger partial charge in [-0.15, -0.1) is 0 Å². The van der Waals surface area contributed by atoms with Gasteiger partial charge in [-0.3, -0.25) is 0 Å². The summed E-state index contributed by atoms with van der Waals surface area (Å²) in [6, 6.07) is 0. The van der Waals surface area contributed by atoms with Crippen LogP contribution in [0.15, 0.2) is 12.2 Å². The highest BCUT2D eigenvalue weighted by Gasteiger charge is 2.16. The van der Waals surface area contributed by atoms with Crippen LogP contribution in [0.5, 0.6) is 0 Å². The molecule has 0 aromatic heterocycles. The zero-order chi connectivity index (χ0) is 8.27. The first-order valence-corrected chi connectivity index (χ1v) is 5.07. The standard InChI is InChI=1S/C7H13O3P/c1-6-2-3-7(4-6)10-5-11(8)9/h2-3,6-9H,4-5H2,1H3. The molecule has 0 spiro atoms. The number of hydrogen-bond acceptors (Lipinski definition) is 3. The van der Waals surface area contributed by atoms with E-state index in [0.717, 1.165) is 6.42 Å². The van der Waals surface area contributed by atoms with Gasteiger partial charge in [-0.1, -0.05) is 19.1 Å². The molecule has 2 atom stereocenters. The number of allylic oxidation sites excluding steroid dienone is 1. The lowest BCUT2D eigenvalue weighted by molar-refractivity contribution is 0.110. The second kappa shape index (κ2) is 4.17. The number of rotatable bonds is 3. The molecule has 0 fully saturated rings. The Hall–Kier alpha value is 0.0500. The summed E-state index contributed by atoms with van der Waals surface area (Å²) in [5.74, 6) is 0.559. The summed E-state index contributed by atoms with van der Waals surface area (Å²) in [4.78, 5) is 17.1. The summed E-state index contributed by atoms with van der Waals surface area (Å²) < 4.78 is 5.18. The molecule has 1 aliphatic carbocycles. The molecule has 2 N–H and O–H groups in total. The van der Waals surface area contributed by atoms with E-state index in [9.17, 15) is 0 Å². The summed E-state index contributed by atoms with van der Waals surface area (Å²) in [6.07, 6.45) is 5.18. The van der Waals surface area contributed by atoms with E-state index < -0.39 is 8.38 Å². The maximum absolute atomic E-state index is 8.55. The SMILES string of the molecule is CC1C=CC(OCP(O)O)C1. The first-order valence-electron chi connectivity index (χ1n) is 3.63. The highest BCUT2D eigenvalue weighted by Crippen LogP contribution is 2.26. The largest absolute Gasteiger partial charge is 0.365 e. The smallest absolute Gasteiger partial charge is 0.192 e. The van der Waals surface area contributed by atoms with Gasteiger partial charge in [-0.2, -0.15) is 0 Å². The van der Waals surface area contributed by atoms with Crippen LogP contribution in [0, 0.1) is 5.92 Å². The van der Waals surface area contributed by atoms with E-state index in [4.69, 9.17) is 14.5 Å². The molecule has 0 aromatic rings. The Labute approximate surface area is 67.6 Å². The van der Waals surface area contributed by atoms with E-state index in [-0.39, 0.29) is 12.5 Å². The summed E-state index contributed by atoms with van der Waals surface area (Å²) >= 11 is 0. The third kappa shape index (κ3) is 3.30. The fraction of sp³-hybridized carbons (Fsp3) is 0.714. The van der Waals surface area contributed by atoms with Crippen LogP contribution in [-0.4, -0.2) is 22.2 Å². The summed E-state index contributed by atoms with van der Waals surface area (Å²) in [5.41, 5.74) is 0. The number of ether oxygens (including phenoxy) is 1. The zero-order valence-corrected chi connectivity index (χ0v) is 7.37. The molecule has 0 saturated carbocycles. The van der Waals surface area contributed by atoms with Crippen molar-refractivity contribution in [3.63, 3.8) is 0 Å². The van der Waals surface area contributed by atoms with Gasteiger partial charge in [0.15, 0.2) is 8.38 Å². The fourth-order valence-electron chi connectivity index (χ4n) is 1.12. The van der Waals surface area contributed by atoms with E-state index in [0.29, 0.717) is 5.92 Å². The molecule has 0 bridgehead atoms. The highest BCUT2D eigenvalue weighted by atomic mass is 31.2. The van der Waals surface area contributed by atoms with Crippen LogP contribution < -0.4 is 0 Å². The van der Waals surface area contributed by atoms with Crippen LogP contribution >= 0.6 is 8.38 Å². The lowest BCUT2D eigenvalue weighted by atomic mass is 10.1. The Bertz CT molecular complexity index is 147. The Kier molecular flexibility index (Phi) is 3.46. The lowest BCUT2D eigenvalue weighted by Gasteiger charge is -2.10. The van der Waals surface area contributed by atoms with Crippen molar-refractivity contribution in [2.45, 2.75) is 19.4 Å². The van der Waals surface area contributed by atoms with E-state index in [1.807, 2.05) is 6.08 Å². The summed E-state index contributed by atoms with van der Waals surface area (Å²) in [7, 11) is -1.89.